The number of rotatable bonds is 3. The van der Waals surface area contributed by atoms with Crippen LogP contribution in [0.25, 0.3) is 5.69 Å². The van der Waals surface area contributed by atoms with Crippen molar-refractivity contribution < 1.29 is 23.5 Å². The van der Waals surface area contributed by atoms with Gasteiger partial charge in [0, 0.05) is 13.0 Å². The number of amides is 1. The van der Waals surface area contributed by atoms with Crippen molar-refractivity contribution in [1.29, 1.82) is 0 Å². The van der Waals surface area contributed by atoms with E-state index in [1.54, 1.807) is 6.92 Å². The van der Waals surface area contributed by atoms with Crippen LogP contribution in [0.15, 0.2) is 18.2 Å². The van der Waals surface area contributed by atoms with Gasteiger partial charge in [-0.25, -0.2) is 18.3 Å². The highest BCUT2D eigenvalue weighted by molar-refractivity contribution is 6.30. The highest BCUT2D eigenvalue weighted by atomic mass is 35.5. The second kappa shape index (κ2) is 6.07. The minimum atomic E-state index is -2.45. The summed E-state index contributed by atoms with van der Waals surface area (Å²) in [4.78, 5) is 24.6. The fourth-order valence-corrected chi connectivity index (χ4v) is 2.83. The molecular formula is C15H13ClF2N4O3. The SMILES string of the molecule is Cc1c(C(=O)N2CCC(F)(C(=O)O)C2)nnn1-c1ccc(F)c(Cl)c1. The molecule has 1 aliphatic heterocycles. The third-order valence-corrected chi connectivity index (χ3v) is 4.42. The molecule has 3 rings (SSSR count). The Balaban J connectivity index is 1.87. The third kappa shape index (κ3) is 2.95. The molecule has 1 aromatic heterocycles. The molecule has 25 heavy (non-hydrogen) atoms. The van der Waals surface area contributed by atoms with E-state index in [4.69, 9.17) is 16.7 Å². The van der Waals surface area contributed by atoms with Crippen molar-refractivity contribution in [3.05, 3.63) is 40.4 Å². The summed E-state index contributed by atoms with van der Waals surface area (Å²) in [7, 11) is 0. The molecule has 2 aromatic rings. The molecule has 1 unspecified atom stereocenters. The predicted molar refractivity (Wildman–Crippen MR) is 83.1 cm³/mol. The van der Waals surface area contributed by atoms with Gasteiger partial charge in [0.25, 0.3) is 5.91 Å². The number of carboxylic acid groups (broad SMARTS) is 1. The Labute approximate surface area is 145 Å². The van der Waals surface area contributed by atoms with Gasteiger partial charge < -0.3 is 10.0 Å². The van der Waals surface area contributed by atoms with Crippen LogP contribution in [0.5, 0.6) is 0 Å². The molecule has 1 atom stereocenters. The molecule has 1 fully saturated rings. The topological polar surface area (TPSA) is 88.3 Å². The van der Waals surface area contributed by atoms with Gasteiger partial charge in [-0.3, -0.25) is 4.79 Å². The summed E-state index contributed by atoms with van der Waals surface area (Å²) >= 11 is 5.74. The number of carbonyl (C=O) groups is 2. The minimum Gasteiger partial charge on any atom is -0.479 e. The van der Waals surface area contributed by atoms with Crippen molar-refractivity contribution in [3.63, 3.8) is 0 Å². The number of hydrogen-bond acceptors (Lipinski definition) is 4. The van der Waals surface area contributed by atoms with Gasteiger partial charge in [-0.2, -0.15) is 0 Å². The van der Waals surface area contributed by atoms with Gasteiger partial charge in [0.1, 0.15) is 5.82 Å². The van der Waals surface area contributed by atoms with Gasteiger partial charge in [0.05, 0.1) is 22.9 Å². The van der Waals surface area contributed by atoms with Crippen LogP contribution in [-0.2, 0) is 4.79 Å². The highest BCUT2D eigenvalue weighted by Crippen LogP contribution is 2.27. The summed E-state index contributed by atoms with van der Waals surface area (Å²) < 4.78 is 28.7. The zero-order valence-electron chi connectivity index (χ0n) is 13.0. The molecule has 10 heteroatoms. The minimum absolute atomic E-state index is 0.0314. The van der Waals surface area contributed by atoms with Gasteiger partial charge in [-0.1, -0.05) is 16.8 Å². The van der Waals surface area contributed by atoms with Crippen molar-refractivity contribution in [2.45, 2.75) is 19.0 Å². The number of alkyl halides is 1. The fraction of sp³-hybridized carbons (Fsp3) is 0.333. The first-order chi connectivity index (χ1) is 11.7. The first-order valence-electron chi connectivity index (χ1n) is 7.32. The average Bonchev–Trinajstić information content (AvgIpc) is 3.14. The van der Waals surface area contributed by atoms with E-state index in [-0.39, 0.29) is 23.7 Å². The Morgan fingerprint density at radius 2 is 2.12 bits per heavy atom. The van der Waals surface area contributed by atoms with Crippen molar-refractivity contribution in [2.24, 2.45) is 0 Å². The monoisotopic (exact) mass is 370 g/mol. The van der Waals surface area contributed by atoms with Crippen LogP contribution >= 0.6 is 11.6 Å². The summed E-state index contributed by atoms with van der Waals surface area (Å²) in [6.07, 6.45) is -0.283. The van der Waals surface area contributed by atoms with Crippen molar-refractivity contribution in [3.8, 4) is 5.69 Å². The number of carbonyl (C=O) groups excluding carboxylic acids is 1. The summed E-state index contributed by atoms with van der Waals surface area (Å²) in [6, 6.07) is 3.91. The van der Waals surface area contributed by atoms with E-state index in [9.17, 15) is 18.4 Å². The van der Waals surface area contributed by atoms with Crippen LogP contribution in [0, 0.1) is 12.7 Å². The summed E-state index contributed by atoms with van der Waals surface area (Å²) in [6.45, 7) is 0.993. The van der Waals surface area contributed by atoms with E-state index in [1.165, 1.54) is 16.8 Å². The van der Waals surface area contributed by atoms with Crippen LogP contribution in [-0.4, -0.2) is 55.6 Å². The standard InChI is InChI=1S/C15H13ClF2N4O3/c1-8-12(13(23)21-5-4-15(18,7-21)14(24)25)19-20-22(8)9-2-3-11(17)10(16)6-9/h2-3,6H,4-5,7H2,1H3,(H,24,25). The van der Waals surface area contributed by atoms with Gasteiger partial charge in [0.2, 0.25) is 5.67 Å². The smallest absolute Gasteiger partial charge is 0.343 e. The Hall–Kier alpha value is -2.55. The lowest BCUT2D eigenvalue weighted by Crippen LogP contribution is -2.39. The Kier molecular flexibility index (Phi) is 4.19. The quantitative estimate of drug-likeness (QED) is 0.892. The molecule has 1 amide bonds. The zero-order chi connectivity index (χ0) is 18.4. The molecule has 0 spiro atoms. The Morgan fingerprint density at radius 1 is 1.40 bits per heavy atom. The summed E-state index contributed by atoms with van der Waals surface area (Å²) in [5.74, 6) is -2.80. The number of carboxylic acids is 1. The highest BCUT2D eigenvalue weighted by Gasteiger charge is 2.47. The predicted octanol–water partition coefficient (Wildman–Crippen LogP) is 2.01. The van der Waals surface area contributed by atoms with Crippen LogP contribution in [0.3, 0.4) is 0 Å². The number of hydrogen-bond donors (Lipinski definition) is 1. The van der Waals surface area contributed by atoms with E-state index >= 15 is 0 Å². The number of benzene rings is 1. The van der Waals surface area contributed by atoms with Gasteiger partial charge in [0.15, 0.2) is 5.69 Å². The number of likely N-dealkylation sites (tertiary alicyclic amines) is 1. The van der Waals surface area contributed by atoms with Crippen molar-refractivity contribution in [2.75, 3.05) is 13.1 Å². The van der Waals surface area contributed by atoms with Crippen molar-refractivity contribution >= 4 is 23.5 Å². The second-order valence-corrected chi connectivity index (χ2v) is 6.19. The van der Waals surface area contributed by atoms with E-state index in [2.05, 4.69) is 10.3 Å². The number of aromatic nitrogens is 3. The van der Waals surface area contributed by atoms with Gasteiger partial charge in [-0.15, -0.1) is 5.10 Å². The van der Waals surface area contributed by atoms with Crippen molar-refractivity contribution in [1.82, 2.24) is 19.9 Å². The number of halogens is 3. The maximum absolute atomic E-state index is 14.1. The summed E-state index contributed by atoms with van der Waals surface area (Å²) in [5.41, 5.74) is -1.74. The molecule has 1 saturated heterocycles. The van der Waals surface area contributed by atoms with E-state index in [0.29, 0.717) is 11.4 Å². The van der Waals surface area contributed by atoms with E-state index in [1.807, 2.05) is 0 Å². The lowest BCUT2D eigenvalue weighted by atomic mass is 10.1. The fourth-order valence-electron chi connectivity index (χ4n) is 2.66. The molecule has 0 saturated carbocycles. The lowest BCUT2D eigenvalue weighted by molar-refractivity contribution is -0.149. The van der Waals surface area contributed by atoms with E-state index in [0.717, 1.165) is 11.0 Å². The normalized spacial score (nSPS) is 20.1. The molecule has 1 N–H and O–H groups in total. The Morgan fingerprint density at radius 3 is 2.72 bits per heavy atom. The number of aliphatic carboxylic acids is 1. The average molecular weight is 371 g/mol. The largest absolute Gasteiger partial charge is 0.479 e. The molecule has 0 bridgehead atoms. The van der Waals surface area contributed by atoms with Gasteiger partial charge in [-0.05, 0) is 25.1 Å². The molecule has 7 nitrogen and oxygen atoms in total. The molecule has 132 valence electrons. The molecular weight excluding hydrogens is 358 g/mol. The summed E-state index contributed by atoms with van der Waals surface area (Å²) in [5, 5.41) is 16.4. The van der Waals surface area contributed by atoms with E-state index < -0.39 is 29.9 Å². The molecule has 1 aromatic carbocycles. The van der Waals surface area contributed by atoms with Crippen LogP contribution in [0.1, 0.15) is 22.6 Å². The molecule has 1 aliphatic rings. The van der Waals surface area contributed by atoms with Crippen LogP contribution in [0.4, 0.5) is 8.78 Å². The first kappa shape index (κ1) is 17.3. The lowest BCUT2D eigenvalue weighted by Gasteiger charge is -2.16. The zero-order valence-corrected chi connectivity index (χ0v) is 13.8. The van der Waals surface area contributed by atoms with Gasteiger partial charge >= 0.3 is 5.97 Å². The first-order valence-corrected chi connectivity index (χ1v) is 7.70. The molecule has 2 heterocycles. The van der Waals surface area contributed by atoms with Crippen LogP contribution < -0.4 is 0 Å². The third-order valence-electron chi connectivity index (χ3n) is 4.13. The number of nitrogens with zero attached hydrogens (tertiary/aromatic N) is 4. The maximum Gasteiger partial charge on any atom is 0.343 e. The second-order valence-electron chi connectivity index (χ2n) is 5.78. The Bertz CT molecular complexity index is 872. The maximum atomic E-state index is 14.1. The van der Waals surface area contributed by atoms with Crippen LogP contribution in [0.2, 0.25) is 5.02 Å². The molecule has 0 radical (unpaired) electrons. The molecule has 0 aliphatic carbocycles.